The Morgan fingerprint density at radius 1 is 1.38 bits per heavy atom. The molecule has 2 heterocycles. The summed E-state index contributed by atoms with van der Waals surface area (Å²) in [6.45, 7) is 3.99. The van der Waals surface area contributed by atoms with Crippen LogP contribution < -0.4 is 9.47 Å². The maximum Gasteiger partial charge on any atom is 0.125 e. The first kappa shape index (κ1) is 13.9. The smallest absolute Gasteiger partial charge is 0.125 e. The van der Waals surface area contributed by atoms with Crippen LogP contribution >= 0.6 is 0 Å². The van der Waals surface area contributed by atoms with E-state index in [1.807, 2.05) is 32.0 Å². The molecule has 4 heteroatoms. The number of fused-ring (bicyclic) bond motifs is 1. The third-order valence-corrected chi connectivity index (χ3v) is 3.92. The summed E-state index contributed by atoms with van der Waals surface area (Å²) < 4.78 is 11.2. The molecular weight excluding hydrogens is 266 g/mol. The molecule has 0 aliphatic carbocycles. The molecule has 2 unspecified atom stereocenters. The van der Waals surface area contributed by atoms with Crippen molar-refractivity contribution in [3.63, 3.8) is 0 Å². The highest BCUT2D eigenvalue weighted by atomic mass is 16.5. The number of aliphatic hydroxyl groups excluding tert-OH is 1. The van der Waals surface area contributed by atoms with Crippen molar-refractivity contribution in [2.24, 2.45) is 0 Å². The molecule has 0 bridgehead atoms. The van der Waals surface area contributed by atoms with E-state index in [1.165, 1.54) is 0 Å². The summed E-state index contributed by atoms with van der Waals surface area (Å²) in [5.74, 6) is 1.51. The summed E-state index contributed by atoms with van der Waals surface area (Å²) in [5.41, 5.74) is 3.61. The highest BCUT2D eigenvalue weighted by Gasteiger charge is 2.25. The van der Waals surface area contributed by atoms with E-state index >= 15 is 0 Å². The van der Waals surface area contributed by atoms with Gasteiger partial charge in [-0.15, -0.1) is 0 Å². The van der Waals surface area contributed by atoms with Gasteiger partial charge in [0, 0.05) is 35.5 Å². The van der Waals surface area contributed by atoms with Gasteiger partial charge in [0.2, 0.25) is 0 Å². The molecule has 0 fully saturated rings. The van der Waals surface area contributed by atoms with E-state index in [9.17, 15) is 5.11 Å². The van der Waals surface area contributed by atoms with Crippen molar-refractivity contribution >= 4 is 0 Å². The molecule has 3 rings (SSSR count). The zero-order valence-electron chi connectivity index (χ0n) is 12.5. The number of benzene rings is 1. The molecule has 1 aromatic heterocycles. The van der Waals surface area contributed by atoms with Crippen molar-refractivity contribution in [3.05, 3.63) is 52.8 Å². The molecule has 1 aromatic carbocycles. The van der Waals surface area contributed by atoms with Crippen LogP contribution in [0.2, 0.25) is 0 Å². The monoisotopic (exact) mass is 285 g/mol. The molecule has 1 N–H and O–H groups in total. The van der Waals surface area contributed by atoms with E-state index in [2.05, 4.69) is 4.98 Å². The second-order valence-corrected chi connectivity index (χ2v) is 5.47. The minimum atomic E-state index is -0.779. The molecule has 4 nitrogen and oxygen atoms in total. The summed E-state index contributed by atoms with van der Waals surface area (Å²) in [4.78, 5) is 4.10. The maximum absolute atomic E-state index is 10.7. The molecule has 0 spiro atoms. The van der Waals surface area contributed by atoms with Gasteiger partial charge in [-0.3, -0.25) is 4.98 Å². The molecule has 1 aliphatic rings. The Hall–Kier alpha value is -2.07. The predicted octanol–water partition coefficient (Wildman–Crippen LogP) is 2.80. The van der Waals surface area contributed by atoms with Gasteiger partial charge in [0.1, 0.15) is 23.7 Å². The molecule has 0 saturated heterocycles. The van der Waals surface area contributed by atoms with E-state index < -0.39 is 6.10 Å². The first-order valence-electron chi connectivity index (χ1n) is 7.06. The number of aromatic nitrogens is 1. The van der Waals surface area contributed by atoms with E-state index in [4.69, 9.17) is 9.47 Å². The lowest BCUT2D eigenvalue weighted by molar-refractivity contribution is 0.212. The third-order valence-electron chi connectivity index (χ3n) is 3.92. The van der Waals surface area contributed by atoms with Crippen molar-refractivity contribution in [2.45, 2.75) is 32.5 Å². The predicted molar refractivity (Wildman–Crippen MR) is 79.8 cm³/mol. The number of ether oxygens (including phenoxy) is 2. The number of aliphatic hydroxyl groups is 1. The van der Waals surface area contributed by atoms with Gasteiger partial charge in [-0.1, -0.05) is 0 Å². The molecule has 2 atom stereocenters. The Morgan fingerprint density at radius 2 is 2.19 bits per heavy atom. The molecule has 0 amide bonds. The SMILES string of the molecule is COc1cc2c(cc1C(O)c1cnccc1C)OC(C)C2. The van der Waals surface area contributed by atoms with Crippen LogP contribution in [0.1, 0.15) is 35.3 Å². The van der Waals surface area contributed by atoms with Crippen molar-refractivity contribution in [1.82, 2.24) is 4.98 Å². The standard InChI is InChI=1S/C17H19NO3/c1-10-4-5-18-9-14(10)17(19)13-8-15-12(6-11(2)21-15)7-16(13)20-3/h4-5,7-9,11,17,19H,6H2,1-3H3. The Balaban J connectivity index is 2.06. The minimum Gasteiger partial charge on any atom is -0.496 e. The first-order chi connectivity index (χ1) is 10.1. The molecular formula is C17H19NO3. The molecule has 2 aromatic rings. The van der Waals surface area contributed by atoms with Gasteiger partial charge in [0.05, 0.1) is 7.11 Å². The molecule has 0 saturated carbocycles. The fraction of sp³-hybridized carbons (Fsp3) is 0.353. The Labute approximate surface area is 124 Å². The fourth-order valence-electron chi connectivity index (χ4n) is 2.78. The van der Waals surface area contributed by atoms with Gasteiger partial charge in [-0.25, -0.2) is 0 Å². The van der Waals surface area contributed by atoms with Gasteiger partial charge in [-0.2, -0.15) is 0 Å². The van der Waals surface area contributed by atoms with Crippen LogP contribution in [0.4, 0.5) is 0 Å². The van der Waals surface area contributed by atoms with E-state index in [-0.39, 0.29) is 6.10 Å². The highest BCUT2D eigenvalue weighted by molar-refractivity contribution is 5.51. The molecule has 21 heavy (non-hydrogen) atoms. The topological polar surface area (TPSA) is 51.6 Å². The minimum absolute atomic E-state index is 0.164. The first-order valence-corrected chi connectivity index (χ1v) is 7.06. The van der Waals surface area contributed by atoms with Crippen LogP contribution in [0.3, 0.4) is 0 Å². The summed E-state index contributed by atoms with van der Waals surface area (Å²) in [5, 5.41) is 10.7. The lowest BCUT2D eigenvalue weighted by Gasteiger charge is -2.18. The average molecular weight is 285 g/mol. The van der Waals surface area contributed by atoms with E-state index in [0.717, 1.165) is 28.9 Å². The molecule has 0 radical (unpaired) electrons. The number of methoxy groups -OCH3 is 1. The number of hydrogen-bond donors (Lipinski definition) is 1. The van der Waals surface area contributed by atoms with Crippen LogP contribution in [-0.4, -0.2) is 23.3 Å². The van der Waals surface area contributed by atoms with Gasteiger partial charge in [-0.05, 0) is 37.6 Å². The quantitative estimate of drug-likeness (QED) is 0.942. The van der Waals surface area contributed by atoms with Crippen LogP contribution in [0.15, 0.2) is 30.6 Å². The molecule has 1 aliphatic heterocycles. The second-order valence-electron chi connectivity index (χ2n) is 5.47. The second kappa shape index (κ2) is 5.37. The lowest BCUT2D eigenvalue weighted by atomic mass is 9.96. The van der Waals surface area contributed by atoms with E-state index in [0.29, 0.717) is 11.3 Å². The average Bonchev–Trinajstić information content (AvgIpc) is 2.84. The lowest BCUT2D eigenvalue weighted by Crippen LogP contribution is -2.06. The van der Waals surface area contributed by atoms with Crippen molar-refractivity contribution < 1.29 is 14.6 Å². The summed E-state index contributed by atoms with van der Waals surface area (Å²) >= 11 is 0. The number of rotatable bonds is 3. The van der Waals surface area contributed by atoms with Gasteiger partial charge >= 0.3 is 0 Å². The zero-order chi connectivity index (χ0) is 15.0. The van der Waals surface area contributed by atoms with Gasteiger partial charge < -0.3 is 14.6 Å². The van der Waals surface area contributed by atoms with Gasteiger partial charge in [0.15, 0.2) is 0 Å². The van der Waals surface area contributed by atoms with Gasteiger partial charge in [0.25, 0.3) is 0 Å². The fourth-order valence-corrected chi connectivity index (χ4v) is 2.78. The number of hydrogen-bond acceptors (Lipinski definition) is 4. The number of aryl methyl sites for hydroxylation is 1. The maximum atomic E-state index is 10.7. The van der Waals surface area contributed by atoms with Crippen molar-refractivity contribution in [2.75, 3.05) is 7.11 Å². The number of pyridine rings is 1. The largest absolute Gasteiger partial charge is 0.496 e. The zero-order valence-corrected chi connectivity index (χ0v) is 12.5. The van der Waals surface area contributed by atoms with E-state index in [1.54, 1.807) is 19.5 Å². The van der Waals surface area contributed by atoms with Crippen molar-refractivity contribution in [1.29, 1.82) is 0 Å². The Bertz CT molecular complexity index is 669. The van der Waals surface area contributed by atoms with Crippen molar-refractivity contribution in [3.8, 4) is 11.5 Å². The highest BCUT2D eigenvalue weighted by Crippen LogP contribution is 2.39. The summed E-state index contributed by atoms with van der Waals surface area (Å²) in [7, 11) is 1.62. The van der Waals surface area contributed by atoms with Crippen LogP contribution in [-0.2, 0) is 6.42 Å². The van der Waals surface area contributed by atoms with Crippen LogP contribution in [0.5, 0.6) is 11.5 Å². The summed E-state index contributed by atoms with van der Waals surface area (Å²) in [6.07, 6.45) is 3.66. The Kier molecular flexibility index (Phi) is 3.55. The van der Waals surface area contributed by atoms with Crippen LogP contribution in [0.25, 0.3) is 0 Å². The normalized spacial score (nSPS) is 18.0. The number of nitrogens with zero attached hydrogens (tertiary/aromatic N) is 1. The Morgan fingerprint density at radius 3 is 2.90 bits per heavy atom. The van der Waals surface area contributed by atoms with Crippen LogP contribution in [0, 0.1) is 6.92 Å². The molecule has 110 valence electrons. The summed E-state index contributed by atoms with van der Waals surface area (Å²) in [6, 6.07) is 5.73. The third kappa shape index (κ3) is 2.47.